The molecule has 3 rings (SSSR count). The van der Waals surface area contributed by atoms with Crippen LogP contribution in [0.3, 0.4) is 0 Å². The summed E-state index contributed by atoms with van der Waals surface area (Å²) in [7, 11) is 0. The van der Waals surface area contributed by atoms with Crippen molar-refractivity contribution in [2.75, 3.05) is 39.4 Å². The molecule has 0 spiro atoms. The van der Waals surface area contributed by atoms with Crippen LogP contribution >= 0.6 is 24.8 Å². The number of morpholine rings is 1. The van der Waals surface area contributed by atoms with Gasteiger partial charge in [-0.2, -0.15) is 0 Å². The molecule has 1 atom stereocenters. The molecule has 1 unspecified atom stereocenters. The summed E-state index contributed by atoms with van der Waals surface area (Å²) in [5.41, 5.74) is 2.47. The quantitative estimate of drug-likeness (QED) is 0.820. The SMILES string of the molecule is Cl.Cl.O=C(NCc1cccc(CN2CCOCC2)c1)C1CCNC1. The number of carbonyl (C=O) groups is 1. The van der Waals surface area contributed by atoms with Crippen molar-refractivity contribution in [1.82, 2.24) is 15.5 Å². The molecule has 0 saturated carbocycles. The van der Waals surface area contributed by atoms with Gasteiger partial charge in [0.2, 0.25) is 5.91 Å². The third-order valence-corrected chi connectivity index (χ3v) is 4.40. The average Bonchev–Trinajstić information content (AvgIpc) is 3.08. The number of nitrogens with one attached hydrogen (secondary N) is 2. The zero-order chi connectivity index (χ0) is 15.2. The van der Waals surface area contributed by atoms with E-state index in [-0.39, 0.29) is 36.6 Å². The van der Waals surface area contributed by atoms with Gasteiger partial charge in [-0.15, -0.1) is 24.8 Å². The Morgan fingerprint density at radius 2 is 2.00 bits per heavy atom. The summed E-state index contributed by atoms with van der Waals surface area (Å²) in [6, 6.07) is 8.51. The molecule has 2 saturated heterocycles. The van der Waals surface area contributed by atoms with E-state index in [1.807, 2.05) is 0 Å². The summed E-state index contributed by atoms with van der Waals surface area (Å²) in [6.07, 6.45) is 0.947. The molecule has 2 N–H and O–H groups in total. The Morgan fingerprint density at radius 3 is 2.71 bits per heavy atom. The molecule has 1 aromatic rings. The molecule has 136 valence electrons. The van der Waals surface area contributed by atoms with Gasteiger partial charge in [-0.05, 0) is 24.1 Å². The van der Waals surface area contributed by atoms with E-state index in [0.717, 1.165) is 52.4 Å². The van der Waals surface area contributed by atoms with Gasteiger partial charge in [-0.1, -0.05) is 24.3 Å². The maximum Gasteiger partial charge on any atom is 0.224 e. The van der Waals surface area contributed by atoms with E-state index in [0.29, 0.717) is 6.54 Å². The number of benzene rings is 1. The lowest BCUT2D eigenvalue weighted by Gasteiger charge is -2.26. The first-order chi connectivity index (χ1) is 10.8. The number of nitrogens with zero attached hydrogens (tertiary/aromatic N) is 1. The Bertz CT molecular complexity index is 504. The smallest absolute Gasteiger partial charge is 0.224 e. The number of hydrogen-bond acceptors (Lipinski definition) is 4. The normalized spacial score (nSPS) is 20.8. The molecule has 1 aromatic carbocycles. The van der Waals surface area contributed by atoms with Gasteiger partial charge in [0.25, 0.3) is 0 Å². The largest absolute Gasteiger partial charge is 0.379 e. The van der Waals surface area contributed by atoms with Crippen molar-refractivity contribution in [2.45, 2.75) is 19.5 Å². The van der Waals surface area contributed by atoms with Crippen molar-refractivity contribution in [3.8, 4) is 0 Å². The summed E-state index contributed by atoms with van der Waals surface area (Å²) in [5, 5.41) is 6.29. The monoisotopic (exact) mass is 375 g/mol. The van der Waals surface area contributed by atoms with Crippen LogP contribution in [0.5, 0.6) is 0 Å². The van der Waals surface area contributed by atoms with E-state index < -0.39 is 0 Å². The highest BCUT2D eigenvalue weighted by Crippen LogP contribution is 2.11. The lowest BCUT2D eigenvalue weighted by atomic mass is 10.1. The maximum atomic E-state index is 12.0. The van der Waals surface area contributed by atoms with Crippen LogP contribution in [0.25, 0.3) is 0 Å². The molecule has 5 nitrogen and oxygen atoms in total. The molecule has 24 heavy (non-hydrogen) atoms. The average molecular weight is 376 g/mol. The van der Waals surface area contributed by atoms with Gasteiger partial charge in [0.05, 0.1) is 19.1 Å². The highest BCUT2D eigenvalue weighted by molar-refractivity contribution is 5.85. The first kappa shape index (κ1) is 21.2. The van der Waals surface area contributed by atoms with Crippen LogP contribution in [0.2, 0.25) is 0 Å². The second-order valence-electron chi connectivity index (χ2n) is 6.12. The molecule has 7 heteroatoms. The molecule has 2 aliphatic rings. The Kier molecular flexibility index (Phi) is 9.63. The molecule has 2 aliphatic heterocycles. The van der Waals surface area contributed by atoms with Crippen LogP contribution in [0.15, 0.2) is 24.3 Å². The number of ether oxygens (including phenoxy) is 1. The summed E-state index contributed by atoms with van der Waals surface area (Å²) in [4.78, 5) is 14.5. The van der Waals surface area contributed by atoms with E-state index in [1.54, 1.807) is 0 Å². The first-order valence-corrected chi connectivity index (χ1v) is 8.17. The minimum absolute atomic E-state index is 0. The standard InChI is InChI=1S/C17H25N3O2.2ClH/c21-17(16-4-5-18-12-16)19-11-14-2-1-3-15(10-14)13-20-6-8-22-9-7-20;;/h1-3,10,16,18H,4-9,11-13H2,(H,19,21);2*1H. The summed E-state index contributed by atoms with van der Waals surface area (Å²) in [6.45, 7) is 6.97. The van der Waals surface area contributed by atoms with Crippen LogP contribution < -0.4 is 10.6 Å². The minimum Gasteiger partial charge on any atom is -0.379 e. The second-order valence-corrected chi connectivity index (χ2v) is 6.12. The third-order valence-electron chi connectivity index (χ3n) is 4.40. The van der Waals surface area contributed by atoms with Crippen LogP contribution in [-0.2, 0) is 22.6 Å². The fraction of sp³-hybridized carbons (Fsp3) is 0.588. The van der Waals surface area contributed by atoms with Crippen molar-refractivity contribution in [2.24, 2.45) is 5.92 Å². The lowest BCUT2D eigenvalue weighted by Crippen LogP contribution is -2.35. The molecule has 2 fully saturated rings. The topological polar surface area (TPSA) is 53.6 Å². The number of halogens is 2. The number of carbonyl (C=O) groups excluding carboxylic acids is 1. The van der Waals surface area contributed by atoms with Crippen molar-refractivity contribution < 1.29 is 9.53 Å². The molecule has 0 bridgehead atoms. The highest BCUT2D eigenvalue weighted by atomic mass is 35.5. The van der Waals surface area contributed by atoms with Crippen molar-refractivity contribution in [3.05, 3.63) is 35.4 Å². The Labute approximate surface area is 156 Å². The Balaban J connectivity index is 0.00000144. The molecular weight excluding hydrogens is 349 g/mol. The van der Waals surface area contributed by atoms with Crippen molar-refractivity contribution >= 4 is 30.7 Å². The second kappa shape index (κ2) is 10.9. The van der Waals surface area contributed by atoms with E-state index >= 15 is 0 Å². The van der Waals surface area contributed by atoms with Gasteiger partial charge < -0.3 is 15.4 Å². The summed E-state index contributed by atoms with van der Waals surface area (Å²) < 4.78 is 5.38. The fourth-order valence-electron chi connectivity index (χ4n) is 3.07. The summed E-state index contributed by atoms with van der Waals surface area (Å²) >= 11 is 0. The van der Waals surface area contributed by atoms with Crippen LogP contribution in [0, 0.1) is 5.92 Å². The first-order valence-electron chi connectivity index (χ1n) is 8.17. The van der Waals surface area contributed by atoms with Crippen molar-refractivity contribution in [3.63, 3.8) is 0 Å². The maximum absolute atomic E-state index is 12.0. The van der Waals surface area contributed by atoms with Crippen LogP contribution in [0.4, 0.5) is 0 Å². The van der Waals surface area contributed by atoms with Gasteiger partial charge in [0.1, 0.15) is 0 Å². The van der Waals surface area contributed by atoms with E-state index in [2.05, 4.69) is 39.8 Å². The number of rotatable bonds is 5. The zero-order valence-electron chi connectivity index (χ0n) is 13.8. The minimum atomic E-state index is 0. The van der Waals surface area contributed by atoms with Crippen molar-refractivity contribution in [1.29, 1.82) is 0 Å². The number of hydrogen-bond donors (Lipinski definition) is 2. The third kappa shape index (κ3) is 6.22. The highest BCUT2D eigenvalue weighted by Gasteiger charge is 2.21. The van der Waals surface area contributed by atoms with E-state index in [1.165, 1.54) is 11.1 Å². The van der Waals surface area contributed by atoms with Gasteiger partial charge in [-0.25, -0.2) is 0 Å². The van der Waals surface area contributed by atoms with Gasteiger partial charge in [-0.3, -0.25) is 9.69 Å². The molecule has 1 amide bonds. The van der Waals surface area contributed by atoms with Crippen LogP contribution in [-0.4, -0.2) is 50.2 Å². The Hall–Kier alpha value is -0.850. The van der Waals surface area contributed by atoms with Crippen LogP contribution in [0.1, 0.15) is 17.5 Å². The molecule has 0 radical (unpaired) electrons. The lowest BCUT2D eigenvalue weighted by molar-refractivity contribution is -0.124. The molecule has 0 aromatic heterocycles. The van der Waals surface area contributed by atoms with E-state index in [9.17, 15) is 4.79 Å². The zero-order valence-corrected chi connectivity index (χ0v) is 15.5. The number of amides is 1. The molecule has 0 aliphatic carbocycles. The summed E-state index contributed by atoms with van der Waals surface area (Å²) in [5.74, 6) is 0.306. The molecule has 2 heterocycles. The van der Waals surface area contributed by atoms with Gasteiger partial charge in [0, 0.05) is 32.7 Å². The molecular formula is C17H27Cl2N3O2. The fourth-order valence-corrected chi connectivity index (χ4v) is 3.07. The Morgan fingerprint density at radius 1 is 1.25 bits per heavy atom. The predicted octanol–water partition coefficient (Wildman–Crippen LogP) is 1.59. The van der Waals surface area contributed by atoms with E-state index in [4.69, 9.17) is 4.74 Å². The predicted molar refractivity (Wildman–Crippen MR) is 99.9 cm³/mol. The van der Waals surface area contributed by atoms with Gasteiger partial charge >= 0.3 is 0 Å². The van der Waals surface area contributed by atoms with Gasteiger partial charge in [0.15, 0.2) is 0 Å².